The van der Waals surface area contributed by atoms with E-state index in [1.807, 2.05) is 6.07 Å². The van der Waals surface area contributed by atoms with Crippen LogP contribution in [0.4, 0.5) is 0 Å². The fourth-order valence-corrected chi connectivity index (χ4v) is 2.08. The van der Waals surface area contributed by atoms with Gasteiger partial charge in [-0.3, -0.25) is 5.10 Å². The van der Waals surface area contributed by atoms with Crippen LogP contribution in [-0.2, 0) is 11.3 Å². The number of nitrogens with one attached hydrogen (secondary N) is 1. The first-order valence-corrected chi connectivity index (χ1v) is 6.14. The van der Waals surface area contributed by atoms with Gasteiger partial charge in [0.15, 0.2) is 11.5 Å². The molecule has 0 saturated carbocycles. The second-order valence-electron chi connectivity index (χ2n) is 4.24. The molecule has 0 radical (unpaired) electrons. The molecular weight excluding hydrogens is 276 g/mol. The number of aromatic nitrogens is 2. The van der Waals surface area contributed by atoms with E-state index in [2.05, 4.69) is 10.2 Å². The topological polar surface area (TPSA) is 93.7 Å². The minimum atomic E-state index is -1.08. The van der Waals surface area contributed by atoms with Gasteiger partial charge in [0.25, 0.3) is 0 Å². The molecule has 1 aromatic carbocycles. The first-order chi connectivity index (χ1) is 10.1. The number of methoxy groups -OCH3 is 3. The first kappa shape index (κ1) is 14.9. The van der Waals surface area contributed by atoms with Crippen LogP contribution >= 0.6 is 0 Å². The molecule has 0 amide bonds. The van der Waals surface area contributed by atoms with Gasteiger partial charge in [-0.1, -0.05) is 6.07 Å². The molecule has 2 N–H and O–H groups in total. The van der Waals surface area contributed by atoms with Crippen LogP contribution < -0.4 is 9.47 Å². The number of carboxylic acids is 1. The van der Waals surface area contributed by atoms with Crippen molar-refractivity contribution in [3.05, 3.63) is 29.5 Å². The summed E-state index contributed by atoms with van der Waals surface area (Å²) < 4.78 is 15.8. The number of ether oxygens (including phenoxy) is 3. The fraction of sp³-hybridized carbons (Fsp3) is 0.286. The van der Waals surface area contributed by atoms with Gasteiger partial charge in [-0.25, -0.2) is 4.79 Å². The van der Waals surface area contributed by atoms with E-state index in [-0.39, 0.29) is 5.69 Å². The van der Waals surface area contributed by atoms with Crippen molar-refractivity contribution in [3.8, 4) is 22.8 Å². The van der Waals surface area contributed by atoms with E-state index in [4.69, 9.17) is 19.3 Å². The van der Waals surface area contributed by atoms with Gasteiger partial charge in [0.2, 0.25) is 0 Å². The molecule has 0 aliphatic carbocycles. The Morgan fingerprint density at radius 2 is 2.05 bits per heavy atom. The normalized spacial score (nSPS) is 10.4. The Hall–Kier alpha value is -2.54. The Bertz CT molecular complexity index is 651. The van der Waals surface area contributed by atoms with Crippen LogP contribution in [-0.4, -0.2) is 42.6 Å². The van der Waals surface area contributed by atoms with Gasteiger partial charge in [-0.05, 0) is 17.7 Å². The summed E-state index contributed by atoms with van der Waals surface area (Å²) >= 11 is 0. The maximum absolute atomic E-state index is 11.0. The molecule has 1 heterocycles. The highest BCUT2D eigenvalue weighted by Crippen LogP contribution is 2.40. The predicted octanol–water partition coefficient (Wildman–Crippen LogP) is 1.94. The third kappa shape index (κ3) is 2.82. The maximum atomic E-state index is 11.0. The number of benzene rings is 1. The summed E-state index contributed by atoms with van der Waals surface area (Å²) in [5.74, 6) is -0.0633. The van der Waals surface area contributed by atoms with Gasteiger partial charge in [0.1, 0.15) is 5.69 Å². The lowest BCUT2D eigenvalue weighted by Crippen LogP contribution is -1.99. The summed E-state index contributed by atoms with van der Waals surface area (Å²) in [6.45, 7) is 0.338. The zero-order valence-corrected chi connectivity index (χ0v) is 12.0. The third-order valence-corrected chi connectivity index (χ3v) is 3.00. The highest BCUT2D eigenvalue weighted by atomic mass is 16.5. The molecule has 0 aliphatic heterocycles. The van der Waals surface area contributed by atoms with E-state index in [0.717, 1.165) is 5.56 Å². The van der Waals surface area contributed by atoms with E-state index in [0.29, 0.717) is 29.4 Å². The summed E-state index contributed by atoms with van der Waals surface area (Å²) in [5, 5.41) is 15.5. The minimum Gasteiger partial charge on any atom is -0.493 e. The predicted molar refractivity (Wildman–Crippen MR) is 74.8 cm³/mol. The third-order valence-electron chi connectivity index (χ3n) is 3.00. The van der Waals surface area contributed by atoms with Crippen LogP contribution in [0.2, 0.25) is 0 Å². The number of rotatable bonds is 6. The van der Waals surface area contributed by atoms with Crippen LogP contribution in [0.5, 0.6) is 11.5 Å². The molecule has 112 valence electrons. The van der Waals surface area contributed by atoms with E-state index >= 15 is 0 Å². The molecule has 1 aromatic heterocycles. The number of aromatic amines is 1. The average molecular weight is 292 g/mol. The summed E-state index contributed by atoms with van der Waals surface area (Å²) in [6.07, 6.45) is 0. The average Bonchev–Trinajstić information content (AvgIpc) is 2.96. The summed E-state index contributed by atoms with van der Waals surface area (Å²) in [4.78, 5) is 11.0. The van der Waals surface area contributed by atoms with Crippen molar-refractivity contribution in [1.29, 1.82) is 0 Å². The molecule has 0 unspecified atom stereocenters. The Kier molecular flexibility index (Phi) is 4.44. The molecule has 0 aliphatic rings. The molecule has 0 atom stereocenters. The number of H-pyrrole nitrogens is 1. The van der Waals surface area contributed by atoms with Gasteiger partial charge in [-0.15, -0.1) is 0 Å². The number of nitrogens with zero attached hydrogens (tertiary/aromatic N) is 1. The molecule has 0 spiro atoms. The largest absolute Gasteiger partial charge is 0.493 e. The van der Waals surface area contributed by atoms with Crippen LogP contribution in [0.25, 0.3) is 11.3 Å². The molecular formula is C14H16N2O5. The Morgan fingerprint density at radius 1 is 1.29 bits per heavy atom. The van der Waals surface area contributed by atoms with E-state index in [1.165, 1.54) is 20.3 Å². The monoisotopic (exact) mass is 292 g/mol. The highest BCUT2D eigenvalue weighted by molar-refractivity contribution is 5.88. The van der Waals surface area contributed by atoms with Gasteiger partial charge in [0.05, 0.1) is 32.1 Å². The first-order valence-electron chi connectivity index (χ1n) is 6.14. The molecule has 7 nitrogen and oxygen atoms in total. The Balaban J connectivity index is 2.64. The number of carboxylic acid groups (broad SMARTS) is 1. The lowest BCUT2D eigenvalue weighted by Gasteiger charge is -2.15. The van der Waals surface area contributed by atoms with E-state index in [9.17, 15) is 4.79 Å². The van der Waals surface area contributed by atoms with Crippen molar-refractivity contribution in [2.75, 3.05) is 21.3 Å². The summed E-state index contributed by atoms with van der Waals surface area (Å²) in [6, 6.07) is 5.04. The van der Waals surface area contributed by atoms with Crippen LogP contribution in [0.1, 0.15) is 16.1 Å². The van der Waals surface area contributed by atoms with Crippen molar-refractivity contribution in [2.45, 2.75) is 6.61 Å². The lowest BCUT2D eigenvalue weighted by atomic mass is 10.0. The molecule has 0 saturated heterocycles. The van der Waals surface area contributed by atoms with Crippen molar-refractivity contribution in [3.63, 3.8) is 0 Å². The van der Waals surface area contributed by atoms with Crippen molar-refractivity contribution >= 4 is 5.97 Å². The SMILES string of the molecule is COCc1ccc(OC)c(OC)c1-c1cc(C(=O)O)[nH]n1. The molecule has 2 aromatic rings. The maximum Gasteiger partial charge on any atom is 0.353 e. The molecule has 21 heavy (non-hydrogen) atoms. The minimum absolute atomic E-state index is 0.00163. The zero-order chi connectivity index (χ0) is 15.4. The van der Waals surface area contributed by atoms with Crippen molar-refractivity contribution < 1.29 is 24.1 Å². The van der Waals surface area contributed by atoms with Gasteiger partial charge in [-0.2, -0.15) is 5.10 Å². The van der Waals surface area contributed by atoms with Gasteiger partial charge >= 0.3 is 5.97 Å². The summed E-state index contributed by atoms with van der Waals surface area (Å²) in [7, 11) is 4.63. The Labute approximate surface area is 121 Å². The van der Waals surface area contributed by atoms with Crippen molar-refractivity contribution in [2.24, 2.45) is 0 Å². The number of carbonyl (C=O) groups is 1. The quantitative estimate of drug-likeness (QED) is 0.845. The van der Waals surface area contributed by atoms with E-state index < -0.39 is 5.97 Å². The second-order valence-corrected chi connectivity index (χ2v) is 4.24. The molecule has 0 bridgehead atoms. The Morgan fingerprint density at radius 3 is 2.57 bits per heavy atom. The standard InChI is InChI=1S/C14H16N2O5/c1-19-7-8-4-5-11(20-2)13(21-3)12(8)9-6-10(14(17)18)16-15-9/h4-6H,7H2,1-3H3,(H,15,16)(H,17,18). The van der Waals surface area contributed by atoms with Crippen LogP contribution in [0.3, 0.4) is 0 Å². The lowest BCUT2D eigenvalue weighted by molar-refractivity contribution is 0.0690. The number of aromatic carboxylic acids is 1. The molecule has 2 rings (SSSR count). The number of hydrogen-bond donors (Lipinski definition) is 2. The molecule has 7 heteroatoms. The van der Waals surface area contributed by atoms with E-state index in [1.54, 1.807) is 13.2 Å². The van der Waals surface area contributed by atoms with Gasteiger partial charge < -0.3 is 19.3 Å². The van der Waals surface area contributed by atoms with Crippen molar-refractivity contribution in [1.82, 2.24) is 10.2 Å². The molecule has 0 fully saturated rings. The highest BCUT2D eigenvalue weighted by Gasteiger charge is 2.20. The van der Waals surface area contributed by atoms with Gasteiger partial charge in [0, 0.05) is 7.11 Å². The fourth-order valence-electron chi connectivity index (χ4n) is 2.08. The van der Waals surface area contributed by atoms with Crippen LogP contribution in [0.15, 0.2) is 18.2 Å². The summed E-state index contributed by atoms with van der Waals surface area (Å²) in [5.41, 5.74) is 1.91. The second kappa shape index (κ2) is 6.27. The smallest absolute Gasteiger partial charge is 0.353 e. The number of hydrogen-bond acceptors (Lipinski definition) is 5. The zero-order valence-electron chi connectivity index (χ0n) is 12.0. The van der Waals surface area contributed by atoms with Crippen LogP contribution in [0, 0.1) is 0 Å².